The van der Waals surface area contributed by atoms with Crippen LogP contribution in [-0.2, 0) is 10.2 Å². The Morgan fingerprint density at radius 2 is 2.06 bits per heavy atom. The van der Waals surface area contributed by atoms with E-state index in [1.165, 1.54) is 0 Å². The molecule has 1 saturated carbocycles. The van der Waals surface area contributed by atoms with Crippen LogP contribution in [0.2, 0.25) is 0 Å². The van der Waals surface area contributed by atoms with Crippen molar-refractivity contribution < 1.29 is 9.84 Å². The maximum atomic E-state index is 10.2. The second-order valence-corrected chi connectivity index (χ2v) is 6.01. The summed E-state index contributed by atoms with van der Waals surface area (Å²) in [6.07, 6.45) is 2.22. The van der Waals surface area contributed by atoms with Crippen molar-refractivity contribution in [1.29, 1.82) is 0 Å². The van der Waals surface area contributed by atoms with Gasteiger partial charge in [-0.15, -0.1) is 0 Å². The number of hydrogen-bond donors (Lipinski definition) is 1. The number of epoxide rings is 1. The predicted molar refractivity (Wildman–Crippen MR) is 67.3 cm³/mol. The lowest BCUT2D eigenvalue weighted by Gasteiger charge is -2.31. The van der Waals surface area contributed by atoms with Gasteiger partial charge in [-0.2, -0.15) is 0 Å². The van der Waals surface area contributed by atoms with E-state index in [9.17, 15) is 5.11 Å². The van der Waals surface area contributed by atoms with Crippen LogP contribution >= 0.6 is 0 Å². The van der Waals surface area contributed by atoms with Gasteiger partial charge in [-0.3, -0.25) is 0 Å². The average molecular weight is 232 g/mol. The van der Waals surface area contributed by atoms with Gasteiger partial charge in [-0.05, 0) is 37.3 Å². The molecule has 1 heterocycles. The molecule has 1 aliphatic heterocycles. The molecule has 2 aliphatic rings. The quantitative estimate of drug-likeness (QED) is 0.754. The summed E-state index contributed by atoms with van der Waals surface area (Å²) in [6, 6.07) is 6.04. The van der Waals surface area contributed by atoms with Crippen LogP contribution < -0.4 is 0 Å². The van der Waals surface area contributed by atoms with E-state index in [0.717, 1.165) is 30.6 Å². The number of aryl methyl sites for hydroxylation is 1. The summed E-state index contributed by atoms with van der Waals surface area (Å²) < 4.78 is 5.67. The van der Waals surface area contributed by atoms with Gasteiger partial charge >= 0.3 is 0 Å². The molecule has 1 spiro atoms. The van der Waals surface area contributed by atoms with Gasteiger partial charge in [0.15, 0.2) is 0 Å². The third-order valence-electron chi connectivity index (χ3n) is 5.10. The Morgan fingerprint density at radius 1 is 1.35 bits per heavy atom. The summed E-state index contributed by atoms with van der Waals surface area (Å²) in [6.45, 7) is 7.43. The van der Waals surface area contributed by atoms with E-state index in [4.69, 9.17) is 4.74 Å². The first-order valence-electron chi connectivity index (χ1n) is 6.42. The molecular weight excluding hydrogens is 212 g/mol. The van der Waals surface area contributed by atoms with Crippen LogP contribution in [0, 0.1) is 12.8 Å². The molecule has 1 saturated heterocycles. The van der Waals surface area contributed by atoms with Gasteiger partial charge in [0.1, 0.15) is 5.75 Å². The molecular formula is C15H20O2. The predicted octanol–water partition coefficient (Wildman–Crippen LogP) is 3.16. The van der Waals surface area contributed by atoms with E-state index in [0.29, 0.717) is 11.7 Å². The minimum Gasteiger partial charge on any atom is -0.508 e. The number of ether oxygens (including phenoxy) is 1. The first kappa shape index (κ1) is 11.1. The fraction of sp³-hybridized carbons (Fsp3) is 0.600. The van der Waals surface area contributed by atoms with E-state index in [-0.39, 0.29) is 11.0 Å². The molecule has 1 aliphatic carbocycles. The second kappa shape index (κ2) is 3.26. The van der Waals surface area contributed by atoms with Crippen molar-refractivity contribution in [2.75, 3.05) is 6.61 Å². The van der Waals surface area contributed by atoms with Crippen molar-refractivity contribution in [3.05, 3.63) is 29.3 Å². The Bertz CT molecular complexity index is 462. The van der Waals surface area contributed by atoms with Gasteiger partial charge in [-0.25, -0.2) is 0 Å². The smallest absolute Gasteiger partial charge is 0.119 e. The first-order chi connectivity index (χ1) is 7.98. The van der Waals surface area contributed by atoms with Gasteiger partial charge < -0.3 is 9.84 Å². The van der Waals surface area contributed by atoms with Crippen molar-refractivity contribution >= 4 is 0 Å². The average Bonchev–Trinajstić information content (AvgIpc) is 3.01. The van der Waals surface area contributed by atoms with Crippen LogP contribution in [-0.4, -0.2) is 17.3 Å². The lowest BCUT2D eigenvalue weighted by molar-refractivity contribution is 0.219. The molecule has 1 N–H and O–H groups in total. The van der Waals surface area contributed by atoms with Crippen LogP contribution in [0.3, 0.4) is 0 Å². The summed E-state index contributed by atoms with van der Waals surface area (Å²) in [7, 11) is 0. The van der Waals surface area contributed by atoms with Gasteiger partial charge in [0.25, 0.3) is 0 Å². The summed E-state index contributed by atoms with van der Waals surface area (Å²) in [5.74, 6) is 0.917. The third-order valence-corrected chi connectivity index (χ3v) is 5.10. The zero-order valence-electron chi connectivity index (χ0n) is 10.8. The standard InChI is InChI=1S/C15H20O2/c1-10-4-5-12(13(16)8-10)14(3)6-7-15(9-17-15)11(14)2/h4-5,8,11,16H,6-7,9H2,1-3H3/t11-,14-,15-/m1/s1. The molecule has 17 heavy (non-hydrogen) atoms. The molecule has 0 amide bonds. The number of phenolic OH excluding ortho intramolecular Hbond substituents is 1. The molecule has 2 nitrogen and oxygen atoms in total. The van der Waals surface area contributed by atoms with Crippen LogP contribution in [0.15, 0.2) is 18.2 Å². The molecule has 2 heteroatoms. The number of benzene rings is 1. The highest BCUT2D eigenvalue weighted by Gasteiger charge is 2.61. The molecule has 0 aromatic heterocycles. The molecule has 0 bridgehead atoms. The van der Waals surface area contributed by atoms with Crippen LogP contribution in [0.4, 0.5) is 0 Å². The SMILES string of the molecule is Cc1ccc([C@]2(C)CC[C@@]3(CO3)[C@@H]2C)c(O)c1. The van der Waals surface area contributed by atoms with Crippen molar-refractivity contribution in [2.45, 2.75) is 44.6 Å². The lowest BCUT2D eigenvalue weighted by atomic mass is 9.72. The Balaban J connectivity index is 2.03. The van der Waals surface area contributed by atoms with Crippen molar-refractivity contribution in [2.24, 2.45) is 5.92 Å². The molecule has 3 atom stereocenters. The molecule has 3 rings (SSSR count). The highest BCUT2D eigenvalue weighted by Crippen LogP contribution is 2.58. The first-order valence-corrected chi connectivity index (χ1v) is 6.42. The number of hydrogen-bond acceptors (Lipinski definition) is 2. The molecule has 1 aromatic rings. The van der Waals surface area contributed by atoms with Gasteiger partial charge in [0.2, 0.25) is 0 Å². The summed E-state index contributed by atoms with van der Waals surface area (Å²) in [5.41, 5.74) is 2.36. The van der Waals surface area contributed by atoms with E-state index in [1.807, 2.05) is 13.0 Å². The maximum absolute atomic E-state index is 10.2. The van der Waals surface area contributed by atoms with Crippen molar-refractivity contribution in [1.82, 2.24) is 0 Å². The zero-order chi connectivity index (χ0) is 12.3. The Labute approximate surface area is 103 Å². The molecule has 1 aromatic carbocycles. The second-order valence-electron chi connectivity index (χ2n) is 6.01. The summed E-state index contributed by atoms with van der Waals surface area (Å²) in [4.78, 5) is 0. The number of aromatic hydroxyl groups is 1. The Morgan fingerprint density at radius 3 is 2.59 bits per heavy atom. The largest absolute Gasteiger partial charge is 0.508 e. The maximum Gasteiger partial charge on any atom is 0.119 e. The zero-order valence-corrected chi connectivity index (χ0v) is 10.8. The van der Waals surface area contributed by atoms with E-state index >= 15 is 0 Å². The fourth-order valence-corrected chi connectivity index (χ4v) is 3.46. The minimum atomic E-state index is 0.0499. The number of rotatable bonds is 1. The van der Waals surface area contributed by atoms with Gasteiger partial charge in [0.05, 0.1) is 12.2 Å². The van der Waals surface area contributed by atoms with Crippen LogP contribution in [0.25, 0.3) is 0 Å². The van der Waals surface area contributed by atoms with Gasteiger partial charge in [0, 0.05) is 11.0 Å². The molecule has 0 unspecified atom stereocenters. The molecule has 2 fully saturated rings. The van der Waals surface area contributed by atoms with Gasteiger partial charge in [-0.1, -0.05) is 26.0 Å². The van der Waals surface area contributed by atoms with E-state index < -0.39 is 0 Å². The molecule has 0 radical (unpaired) electrons. The van der Waals surface area contributed by atoms with Crippen LogP contribution in [0.1, 0.15) is 37.8 Å². The van der Waals surface area contributed by atoms with E-state index in [1.54, 1.807) is 0 Å². The molecule has 92 valence electrons. The third kappa shape index (κ3) is 1.43. The lowest BCUT2D eigenvalue weighted by Crippen LogP contribution is -2.31. The van der Waals surface area contributed by atoms with E-state index in [2.05, 4.69) is 26.0 Å². The number of phenols is 1. The van der Waals surface area contributed by atoms with Crippen LogP contribution in [0.5, 0.6) is 5.75 Å². The van der Waals surface area contributed by atoms with Crippen molar-refractivity contribution in [3.8, 4) is 5.75 Å². The summed E-state index contributed by atoms with van der Waals surface area (Å²) in [5, 5.41) is 10.2. The minimum absolute atomic E-state index is 0.0499. The Kier molecular flexibility index (Phi) is 2.13. The Hall–Kier alpha value is -1.02. The fourth-order valence-electron chi connectivity index (χ4n) is 3.46. The summed E-state index contributed by atoms with van der Waals surface area (Å²) >= 11 is 0. The van der Waals surface area contributed by atoms with Crippen molar-refractivity contribution in [3.63, 3.8) is 0 Å². The monoisotopic (exact) mass is 232 g/mol. The topological polar surface area (TPSA) is 32.8 Å². The highest BCUT2D eigenvalue weighted by atomic mass is 16.6. The highest BCUT2D eigenvalue weighted by molar-refractivity contribution is 5.43. The normalized spacial score (nSPS) is 39.8.